The summed E-state index contributed by atoms with van der Waals surface area (Å²) in [5.41, 5.74) is 9.35. The minimum absolute atomic E-state index is 0.178. The van der Waals surface area contributed by atoms with E-state index >= 15 is 0 Å². The van der Waals surface area contributed by atoms with Gasteiger partial charge in [-0.25, -0.2) is 4.98 Å². The molecule has 3 heterocycles. The zero-order valence-corrected chi connectivity index (χ0v) is 20.5. The van der Waals surface area contributed by atoms with Crippen molar-refractivity contribution in [2.75, 3.05) is 17.2 Å². The van der Waals surface area contributed by atoms with E-state index in [4.69, 9.17) is 26.4 Å². The van der Waals surface area contributed by atoms with Gasteiger partial charge in [0.1, 0.15) is 11.7 Å². The highest BCUT2D eigenvalue weighted by atomic mass is 15.2. The number of nitrogens with two attached hydrogens (primary N) is 1. The number of nitrogens with zero attached hydrogens (tertiary/aromatic N) is 4. The first kappa shape index (κ1) is 23.8. The van der Waals surface area contributed by atoms with Crippen LogP contribution in [0.5, 0.6) is 0 Å². The van der Waals surface area contributed by atoms with E-state index in [0.29, 0.717) is 36.0 Å². The second-order valence-electron chi connectivity index (χ2n) is 9.76. The fraction of sp³-hybridized carbons (Fsp3) is 0.357. The van der Waals surface area contributed by atoms with Gasteiger partial charge in [0, 0.05) is 42.2 Å². The van der Waals surface area contributed by atoms with Crippen molar-refractivity contribution < 1.29 is 0 Å². The smallest absolute Gasteiger partial charge is 0.225 e. The molecule has 5 rings (SSSR count). The number of benzene rings is 2. The van der Waals surface area contributed by atoms with Gasteiger partial charge in [-0.05, 0) is 61.9 Å². The second kappa shape index (κ2) is 10.3. The highest BCUT2D eigenvalue weighted by molar-refractivity contribution is 6.06. The number of rotatable bonds is 7. The van der Waals surface area contributed by atoms with Crippen molar-refractivity contribution in [1.29, 1.82) is 10.7 Å². The summed E-state index contributed by atoms with van der Waals surface area (Å²) in [6.07, 6.45) is 6.56. The molecule has 0 radical (unpaired) electrons. The quantitative estimate of drug-likeness (QED) is 0.281. The van der Waals surface area contributed by atoms with Gasteiger partial charge in [0.05, 0.1) is 11.6 Å². The predicted octanol–water partition coefficient (Wildman–Crippen LogP) is 4.87. The first-order valence-electron chi connectivity index (χ1n) is 12.6. The largest absolute Gasteiger partial charge is 0.402 e. The summed E-state index contributed by atoms with van der Waals surface area (Å²) in [4.78, 5) is 12.2. The molecular formula is C28H32N8. The molecule has 0 aliphatic carbocycles. The van der Waals surface area contributed by atoms with Gasteiger partial charge in [-0.15, -0.1) is 0 Å². The Labute approximate surface area is 211 Å². The lowest BCUT2D eigenvalue weighted by atomic mass is 9.97. The van der Waals surface area contributed by atoms with E-state index in [1.807, 2.05) is 24.3 Å². The Morgan fingerprint density at radius 1 is 1.14 bits per heavy atom. The molecule has 2 bridgehead atoms. The van der Waals surface area contributed by atoms with Gasteiger partial charge < -0.3 is 16.4 Å². The summed E-state index contributed by atoms with van der Waals surface area (Å²) in [5, 5.41) is 24.9. The third kappa shape index (κ3) is 5.16. The molecule has 8 nitrogen and oxygen atoms in total. The van der Waals surface area contributed by atoms with E-state index in [1.54, 1.807) is 13.0 Å². The maximum atomic E-state index is 9.01. The van der Waals surface area contributed by atoms with Crippen molar-refractivity contribution in [3.63, 3.8) is 0 Å². The minimum Gasteiger partial charge on any atom is -0.402 e. The maximum absolute atomic E-state index is 9.01. The van der Waals surface area contributed by atoms with Gasteiger partial charge in [0.15, 0.2) is 0 Å². The number of anilines is 2. The number of fused-ring (bicyclic) bond motifs is 3. The lowest BCUT2D eigenvalue weighted by Crippen LogP contribution is -2.47. The number of aromatic nitrogens is 2. The van der Waals surface area contributed by atoms with Crippen LogP contribution >= 0.6 is 0 Å². The molecule has 0 saturated carbocycles. The molecule has 2 aliphatic heterocycles. The predicted molar refractivity (Wildman–Crippen MR) is 145 cm³/mol. The van der Waals surface area contributed by atoms with Crippen LogP contribution < -0.4 is 16.4 Å². The number of piperidine rings is 1. The molecule has 36 heavy (non-hydrogen) atoms. The van der Waals surface area contributed by atoms with E-state index < -0.39 is 0 Å². The van der Waals surface area contributed by atoms with Gasteiger partial charge in [-0.2, -0.15) is 10.2 Å². The van der Waals surface area contributed by atoms with Crippen molar-refractivity contribution >= 4 is 28.5 Å². The average Bonchev–Trinajstić information content (AvgIpc) is 3.10. The Balaban J connectivity index is 1.45. The molecule has 2 saturated heterocycles. The Hall–Kier alpha value is -3.96. The third-order valence-electron chi connectivity index (χ3n) is 7.13. The number of hydrogen-bond donors (Lipinski definition) is 4. The number of nitrogens with one attached hydrogen (secondary N) is 3. The summed E-state index contributed by atoms with van der Waals surface area (Å²) in [7, 11) is 0. The first-order valence-corrected chi connectivity index (χ1v) is 12.6. The van der Waals surface area contributed by atoms with Gasteiger partial charge in [0.25, 0.3) is 0 Å². The van der Waals surface area contributed by atoms with Gasteiger partial charge >= 0.3 is 0 Å². The highest BCUT2D eigenvalue weighted by Crippen LogP contribution is 2.37. The summed E-state index contributed by atoms with van der Waals surface area (Å²) < 4.78 is 0. The summed E-state index contributed by atoms with van der Waals surface area (Å²) in [6.45, 7) is 2.61. The van der Waals surface area contributed by atoms with Crippen LogP contribution in [0.2, 0.25) is 0 Å². The Morgan fingerprint density at radius 3 is 2.58 bits per heavy atom. The number of nitriles is 1. The van der Waals surface area contributed by atoms with Gasteiger partial charge in [-0.3, -0.25) is 10.3 Å². The zero-order valence-electron chi connectivity index (χ0n) is 20.5. The molecule has 8 heteroatoms. The fourth-order valence-electron chi connectivity index (χ4n) is 5.61. The molecule has 2 aliphatic rings. The molecule has 3 atom stereocenters. The molecule has 0 spiro atoms. The van der Waals surface area contributed by atoms with E-state index in [2.05, 4.69) is 45.9 Å². The SMILES string of the molecule is C/C(N)=C/C(=N)Nc1nc(N[C@@H]2C[C@H]3CC[C@@H](C2)N3CCC#N)nc2cc(-c3ccccc3)ccc12. The molecule has 2 fully saturated rings. The normalized spacial score (nSPS) is 21.8. The lowest BCUT2D eigenvalue weighted by Gasteiger charge is -2.38. The molecule has 0 unspecified atom stereocenters. The van der Waals surface area contributed by atoms with Crippen molar-refractivity contribution in [2.45, 2.75) is 57.2 Å². The van der Waals surface area contributed by atoms with E-state index in [-0.39, 0.29) is 11.9 Å². The van der Waals surface area contributed by atoms with Crippen LogP contribution in [-0.2, 0) is 0 Å². The highest BCUT2D eigenvalue weighted by Gasteiger charge is 2.40. The fourth-order valence-corrected chi connectivity index (χ4v) is 5.61. The van der Waals surface area contributed by atoms with Crippen LogP contribution in [0.25, 0.3) is 22.0 Å². The third-order valence-corrected chi connectivity index (χ3v) is 7.13. The molecule has 3 aromatic rings. The monoisotopic (exact) mass is 480 g/mol. The zero-order chi connectivity index (χ0) is 25.1. The molecule has 5 N–H and O–H groups in total. The van der Waals surface area contributed by atoms with Crippen LogP contribution in [0.4, 0.5) is 11.8 Å². The number of hydrogen-bond acceptors (Lipinski definition) is 7. The van der Waals surface area contributed by atoms with Crippen molar-refractivity contribution in [3.8, 4) is 17.2 Å². The van der Waals surface area contributed by atoms with Crippen LogP contribution in [0.15, 0.2) is 60.3 Å². The molecule has 0 amide bonds. The van der Waals surface area contributed by atoms with Crippen LogP contribution in [0.1, 0.15) is 39.0 Å². The number of amidine groups is 1. The van der Waals surface area contributed by atoms with Gasteiger partial charge in [0.2, 0.25) is 5.95 Å². The molecule has 184 valence electrons. The Kier molecular flexibility index (Phi) is 6.83. The maximum Gasteiger partial charge on any atom is 0.225 e. The van der Waals surface area contributed by atoms with Crippen molar-refractivity contribution in [1.82, 2.24) is 14.9 Å². The Bertz CT molecular complexity index is 1310. The Morgan fingerprint density at radius 2 is 1.89 bits per heavy atom. The molecule has 2 aromatic carbocycles. The van der Waals surface area contributed by atoms with Gasteiger partial charge in [-0.1, -0.05) is 36.4 Å². The van der Waals surface area contributed by atoms with Crippen LogP contribution in [0, 0.1) is 16.7 Å². The van der Waals surface area contributed by atoms with E-state index in [9.17, 15) is 0 Å². The molecular weight excluding hydrogens is 448 g/mol. The molecule has 1 aromatic heterocycles. The van der Waals surface area contributed by atoms with Crippen molar-refractivity contribution in [2.24, 2.45) is 5.73 Å². The van der Waals surface area contributed by atoms with Crippen molar-refractivity contribution in [3.05, 3.63) is 60.3 Å². The van der Waals surface area contributed by atoms with Crippen LogP contribution in [0.3, 0.4) is 0 Å². The standard InChI is InChI=1S/C28H32N8/c1-18(30)14-26(31)34-27-24-11-8-20(19-6-3-2-4-7-19)15-25(24)33-28(35-27)32-21-16-22-9-10-23(17-21)36(22)13-5-12-29/h2-4,6-8,11,14-15,21-23H,5,9-10,13,16-17,30H2,1H3,(H3,31,32,33,34,35)/b18-14-/t21-,22-,23+. The van der Waals surface area contributed by atoms with E-state index in [1.165, 1.54) is 12.8 Å². The number of allylic oxidation sites excluding steroid dienone is 1. The second-order valence-corrected chi connectivity index (χ2v) is 9.76. The first-order chi connectivity index (χ1) is 17.5. The van der Waals surface area contributed by atoms with Crippen LogP contribution in [-0.4, -0.2) is 45.4 Å². The minimum atomic E-state index is 0.178. The van der Waals surface area contributed by atoms with E-state index in [0.717, 1.165) is 41.4 Å². The summed E-state index contributed by atoms with van der Waals surface area (Å²) in [5.74, 6) is 1.32. The average molecular weight is 481 g/mol. The summed E-state index contributed by atoms with van der Waals surface area (Å²) >= 11 is 0. The lowest BCUT2D eigenvalue weighted by molar-refractivity contribution is 0.135. The summed E-state index contributed by atoms with van der Waals surface area (Å²) in [6, 6.07) is 19.9. The topological polar surface area (TPSA) is 127 Å².